The molecule has 0 saturated heterocycles. The fourth-order valence-electron chi connectivity index (χ4n) is 3.72. The van der Waals surface area contributed by atoms with Crippen molar-refractivity contribution in [3.05, 3.63) is 34.6 Å². The summed E-state index contributed by atoms with van der Waals surface area (Å²) < 4.78 is 3.62. The summed E-state index contributed by atoms with van der Waals surface area (Å²) in [5.74, 6) is 1.76. The summed E-state index contributed by atoms with van der Waals surface area (Å²) in [6, 6.07) is 7.53. The number of para-hydroxylation sites is 1. The van der Waals surface area contributed by atoms with Gasteiger partial charge in [0.25, 0.3) is 5.56 Å². The molecule has 7 nitrogen and oxygen atoms in total. The van der Waals surface area contributed by atoms with Gasteiger partial charge in [0.2, 0.25) is 11.7 Å². The van der Waals surface area contributed by atoms with Crippen molar-refractivity contribution in [1.29, 1.82) is 0 Å². The summed E-state index contributed by atoms with van der Waals surface area (Å²) in [4.78, 5) is 27.9. The van der Waals surface area contributed by atoms with Crippen molar-refractivity contribution in [2.24, 2.45) is 11.8 Å². The average molecular weight is 444 g/mol. The maximum atomic E-state index is 13.0. The molecule has 0 fully saturated rings. The lowest BCUT2D eigenvalue weighted by Crippen LogP contribution is -2.38. The number of hydrogen-bond acceptors (Lipinski definition) is 5. The molecule has 1 aromatic carbocycles. The normalized spacial score (nSPS) is 11.8. The lowest BCUT2D eigenvalue weighted by molar-refractivity contribution is -0.129. The molecule has 0 aliphatic heterocycles. The Hall–Kier alpha value is -2.35. The third-order valence-electron chi connectivity index (χ3n) is 5.06. The van der Waals surface area contributed by atoms with Crippen LogP contribution in [0.2, 0.25) is 0 Å². The number of benzene rings is 1. The van der Waals surface area contributed by atoms with Crippen LogP contribution in [0.4, 0.5) is 0 Å². The Bertz CT molecular complexity index is 1090. The summed E-state index contributed by atoms with van der Waals surface area (Å²) in [5.41, 5.74) is 0.730. The van der Waals surface area contributed by atoms with Crippen LogP contribution in [0.3, 0.4) is 0 Å². The van der Waals surface area contributed by atoms with Crippen LogP contribution in [0.25, 0.3) is 16.7 Å². The first-order valence-corrected chi connectivity index (χ1v) is 12.1. The molecule has 0 aliphatic carbocycles. The number of carbonyl (C=O) groups is 1. The molecule has 0 spiro atoms. The molecular weight excluding hydrogens is 410 g/mol. The van der Waals surface area contributed by atoms with Crippen LogP contribution >= 0.6 is 11.8 Å². The highest BCUT2D eigenvalue weighted by Crippen LogP contribution is 2.22. The van der Waals surface area contributed by atoms with Crippen LogP contribution in [0, 0.1) is 11.8 Å². The average Bonchev–Trinajstić information content (AvgIpc) is 3.15. The first-order valence-electron chi connectivity index (χ1n) is 11.1. The zero-order valence-electron chi connectivity index (χ0n) is 19.2. The molecule has 0 aliphatic rings. The zero-order chi connectivity index (χ0) is 22.5. The van der Waals surface area contributed by atoms with E-state index in [-0.39, 0.29) is 11.5 Å². The maximum Gasteiger partial charge on any atom is 0.262 e. The Kier molecular flexibility index (Phi) is 7.75. The van der Waals surface area contributed by atoms with E-state index in [0.29, 0.717) is 40.5 Å². The highest BCUT2D eigenvalue weighted by Gasteiger charge is 2.20. The third-order valence-corrected chi connectivity index (χ3v) is 5.98. The molecule has 0 saturated carbocycles. The lowest BCUT2D eigenvalue weighted by atomic mass is 10.1. The molecule has 8 heteroatoms. The van der Waals surface area contributed by atoms with Gasteiger partial charge in [-0.2, -0.15) is 0 Å². The van der Waals surface area contributed by atoms with Crippen molar-refractivity contribution in [3.8, 4) is 0 Å². The van der Waals surface area contributed by atoms with E-state index in [2.05, 4.69) is 44.8 Å². The molecule has 0 atom stereocenters. The van der Waals surface area contributed by atoms with E-state index in [0.717, 1.165) is 31.4 Å². The van der Waals surface area contributed by atoms with Crippen LogP contribution in [0.5, 0.6) is 0 Å². The van der Waals surface area contributed by atoms with Gasteiger partial charge in [-0.25, -0.2) is 0 Å². The van der Waals surface area contributed by atoms with Gasteiger partial charge in [-0.15, -0.1) is 10.2 Å². The highest BCUT2D eigenvalue weighted by molar-refractivity contribution is 7.99. The van der Waals surface area contributed by atoms with Gasteiger partial charge in [0.05, 0.1) is 16.7 Å². The number of aryl methyl sites for hydroxylation is 1. The first kappa shape index (κ1) is 23.3. The SMILES string of the molecule is CCCCn1c(=O)c2ccccc2n2c(SCC(=O)N(CC(C)C)CC(C)C)nnc12. The minimum atomic E-state index is -0.0448. The first-order chi connectivity index (χ1) is 14.8. The molecule has 0 radical (unpaired) electrons. The Morgan fingerprint density at radius 2 is 1.77 bits per heavy atom. The number of amides is 1. The molecule has 0 unspecified atom stereocenters. The second-order valence-corrected chi connectivity index (χ2v) is 9.76. The maximum absolute atomic E-state index is 13.0. The molecule has 168 valence electrons. The van der Waals surface area contributed by atoms with Crippen LogP contribution < -0.4 is 5.56 Å². The number of carbonyl (C=O) groups excluding carboxylic acids is 1. The number of hydrogen-bond donors (Lipinski definition) is 0. The summed E-state index contributed by atoms with van der Waals surface area (Å²) in [7, 11) is 0. The Morgan fingerprint density at radius 1 is 1.10 bits per heavy atom. The third kappa shape index (κ3) is 5.29. The van der Waals surface area contributed by atoms with Crippen molar-refractivity contribution in [1.82, 2.24) is 24.1 Å². The van der Waals surface area contributed by atoms with Gasteiger partial charge in [-0.3, -0.25) is 18.6 Å². The molecule has 1 amide bonds. The van der Waals surface area contributed by atoms with Gasteiger partial charge in [0, 0.05) is 19.6 Å². The fraction of sp³-hybridized carbons (Fsp3) is 0.565. The van der Waals surface area contributed by atoms with Crippen molar-refractivity contribution < 1.29 is 4.79 Å². The minimum absolute atomic E-state index is 0.0448. The number of aromatic nitrogens is 4. The van der Waals surface area contributed by atoms with Crippen LogP contribution in [0.15, 0.2) is 34.2 Å². The number of fused-ring (bicyclic) bond motifs is 3. The molecule has 3 rings (SSSR count). The van der Waals surface area contributed by atoms with E-state index in [9.17, 15) is 9.59 Å². The van der Waals surface area contributed by atoms with E-state index in [4.69, 9.17) is 0 Å². The van der Waals surface area contributed by atoms with E-state index in [1.54, 1.807) is 4.57 Å². The van der Waals surface area contributed by atoms with Gasteiger partial charge in [0.1, 0.15) is 0 Å². The second-order valence-electron chi connectivity index (χ2n) is 8.82. The standard InChI is InChI=1S/C23H33N5O2S/c1-6-7-12-27-21(30)18-10-8-9-11-19(18)28-22(27)24-25-23(28)31-15-20(29)26(13-16(2)3)14-17(4)5/h8-11,16-17H,6-7,12-15H2,1-5H3. The van der Waals surface area contributed by atoms with Crippen molar-refractivity contribution in [3.63, 3.8) is 0 Å². The quantitative estimate of drug-likeness (QED) is 0.442. The molecule has 0 N–H and O–H groups in total. The predicted molar refractivity (Wildman–Crippen MR) is 127 cm³/mol. The van der Waals surface area contributed by atoms with Crippen LogP contribution in [-0.4, -0.2) is 48.8 Å². The molecule has 31 heavy (non-hydrogen) atoms. The molecule has 3 aromatic rings. The van der Waals surface area contributed by atoms with Gasteiger partial charge in [-0.05, 0) is 30.4 Å². The largest absolute Gasteiger partial charge is 0.341 e. The van der Waals surface area contributed by atoms with Crippen LogP contribution in [0.1, 0.15) is 47.5 Å². The van der Waals surface area contributed by atoms with E-state index < -0.39 is 0 Å². The predicted octanol–water partition coefficient (Wildman–Crippen LogP) is 4.08. The van der Waals surface area contributed by atoms with Crippen LogP contribution in [-0.2, 0) is 11.3 Å². The zero-order valence-corrected chi connectivity index (χ0v) is 20.0. The monoisotopic (exact) mass is 443 g/mol. The van der Waals surface area contributed by atoms with Gasteiger partial charge in [-0.1, -0.05) is 64.9 Å². The number of rotatable bonds is 10. The van der Waals surface area contributed by atoms with E-state index in [1.165, 1.54) is 11.8 Å². The Labute approximate surface area is 187 Å². The van der Waals surface area contributed by atoms with E-state index >= 15 is 0 Å². The molecule has 0 bridgehead atoms. The van der Waals surface area contributed by atoms with Crippen molar-refractivity contribution in [2.45, 2.75) is 59.2 Å². The summed E-state index contributed by atoms with van der Waals surface area (Å²) in [5, 5.41) is 9.96. The number of thioether (sulfide) groups is 1. The molecule has 2 heterocycles. The van der Waals surface area contributed by atoms with Crippen molar-refractivity contribution >= 4 is 34.3 Å². The second kappa shape index (κ2) is 10.3. The molecule has 2 aromatic heterocycles. The summed E-state index contributed by atoms with van der Waals surface area (Å²) >= 11 is 1.38. The topological polar surface area (TPSA) is 72.5 Å². The number of nitrogens with zero attached hydrogens (tertiary/aromatic N) is 5. The summed E-state index contributed by atoms with van der Waals surface area (Å²) in [6.45, 7) is 12.7. The fourth-order valence-corrected chi connectivity index (χ4v) is 4.56. The Balaban J connectivity index is 1.95. The van der Waals surface area contributed by atoms with Gasteiger partial charge in [0.15, 0.2) is 5.16 Å². The lowest BCUT2D eigenvalue weighted by Gasteiger charge is -2.26. The number of unbranched alkanes of at least 4 members (excludes halogenated alkanes) is 1. The van der Waals surface area contributed by atoms with Crippen molar-refractivity contribution in [2.75, 3.05) is 18.8 Å². The Morgan fingerprint density at radius 3 is 2.42 bits per heavy atom. The van der Waals surface area contributed by atoms with Gasteiger partial charge >= 0.3 is 0 Å². The minimum Gasteiger partial charge on any atom is -0.341 e. The highest BCUT2D eigenvalue weighted by atomic mass is 32.2. The smallest absolute Gasteiger partial charge is 0.262 e. The van der Waals surface area contributed by atoms with Gasteiger partial charge < -0.3 is 4.90 Å². The molecular formula is C23H33N5O2S. The van der Waals surface area contributed by atoms with E-state index in [1.807, 2.05) is 33.6 Å². The summed E-state index contributed by atoms with van der Waals surface area (Å²) in [6.07, 6.45) is 1.87.